The van der Waals surface area contributed by atoms with Gasteiger partial charge < -0.3 is 5.32 Å². The fourth-order valence-electron chi connectivity index (χ4n) is 1.75. The minimum atomic E-state index is -3.26. The van der Waals surface area contributed by atoms with E-state index in [0.29, 0.717) is 19.0 Å². The molecule has 102 valence electrons. The van der Waals surface area contributed by atoms with E-state index in [1.54, 1.807) is 7.05 Å². The molecule has 0 spiro atoms. The molecule has 17 heavy (non-hydrogen) atoms. The Kier molecular flexibility index (Phi) is 6.40. The Morgan fingerprint density at radius 3 is 2.59 bits per heavy atom. The lowest BCUT2D eigenvalue weighted by Gasteiger charge is -2.26. The van der Waals surface area contributed by atoms with E-state index in [1.165, 1.54) is 10.7 Å². The van der Waals surface area contributed by atoms with Gasteiger partial charge in [0.1, 0.15) is 0 Å². The van der Waals surface area contributed by atoms with E-state index >= 15 is 0 Å². The van der Waals surface area contributed by atoms with Crippen LogP contribution >= 0.6 is 0 Å². The van der Waals surface area contributed by atoms with Crippen molar-refractivity contribution < 1.29 is 8.42 Å². The van der Waals surface area contributed by atoms with Gasteiger partial charge in [0.25, 0.3) is 10.2 Å². The van der Waals surface area contributed by atoms with Gasteiger partial charge in [-0.05, 0) is 38.3 Å². The topological polar surface area (TPSA) is 61.4 Å². The Labute approximate surface area is 105 Å². The van der Waals surface area contributed by atoms with Crippen molar-refractivity contribution >= 4 is 10.2 Å². The Morgan fingerprint density at radius 2 is 2.06 bits per heavy atom. The molecule has 0 amide bonds. The summed E-state index contributed by atoms with van der Waals surface area (Å²) in [4.78, 5) is 0. The highest BCUT2D eigenvalue weighted by Gasteiger charge is 2.22. The third-order valence-electron chi connectivity index (χ3n) is 3.27. The molecule has 1 saturated carbocycles. The SMILES string of the molecule is CCNCCCN(C)S(=O)(=O)NCC1CCC1. The summed E-state index contributed by atoms with van der Waals surface area (Å²) in [5, 5.41) is 3.18. The van der Waals surface area contributed by atoms with Crippen molar-refractivity contribution in [2.75, 3.05) is 33.2 Å². The molecule has 0 heterocycles. The molecule has 0 radical (unpaired) electrons. The lowest BCUT2D eigenvalue weighted by Crippen LogP contribution is -2.42. The summed E-state index contributed by atoms with van der Waals surface area (Å²) in [6.45, 7) is 4.99. The number of nitrogens with zero attached hydrogens (tertiary/aromatic N) is 1. The van der Waals surface area contributed by atoms with E-state index < -0.39 is 10.2 Å². The lowest BCUT2D eigenvalue weighted by molar-refractivity contribution is 0.313. The summed E-state index contributed by atoms with van der Waals surface area (Å²) in [5.41, 5.74) is 0. The van der Waals surface area contributed by atoms with Crippen LogP contribution in [0.4, 0.5) is 0 Å². The summed E-state index contributed by atoms with van der Waals surface area (Å²) >= 11 is 0. The third-order valence-corrected chi connectivity index (χ3v) is 4.80. The van der Waals surface area contributed by atoms with Gasteiger partial charge in [0.15, 0.2) is 0 Å². The van der Waals surface area contributed by atoms with E-state index in [1.807, 2.05) is 6.92 Å². The number of hydrogen-bond acceptors (Lipinski definition) is 3. The first-order valence-corrected chi connectivity index (χ1v) is 7.92. The average Bonchev–Trinajstić information content (AvgIpc) is 2.21. The van der Waals surface area contributed by atoms with Gasteiger partial charge in [-0.15, -0.1) is 0 Å². The van der Waals surface area contributed by atoms with Crippen molar-refractivity contribution in [3.05, 3.63) is 0 Å². The third kappa shape index (κ3) is 5.33. The average molecular weight is 263 g/mol. The first kappa shape index (κ1) is 14.9. The quantitative estimate of drug-likeness (QED) is 0.597. The second-order valence-corrected chi connectivity index (χ2v) is 6.54. The monoisotopic (exact) mass is 263 g/mol. The Bertz CT molecular complexity index is 302. The number of hydrogen-bond donors (Lipinski definition) is 2. The first-order valence-electron chi connectivity index (χ1n) is 6.48. The van der Waals surface area contributed by atoms with E-state index in [4.69, 9.17) is 0 Å². The second kappa shape index (κ2) is 7.31. The molecule has 0 aromatic carbocycles. The number of rotatable bonds is 9. The van der Waals surface area contributed by atoms with Crippen molar-refractivity contribution in [1.82, 2.24) is 14.3 Å². The van der Waals surface area contributed by atoms with Gasteiger partial charge in [-0.1, -0.05) is 13.3 Å². The molecule has 1 aliphatic rings. The number of nitrogens with one attached hydrogen (secondary N) is 2. The molecule has 0 bridgehead atoms. The normalized spacial score (nSPS) is 17.4. The van der Waals surface area contributed by atoms with Gasteiger partial charge in [0, 0.05) is 20.1 Å². The zero-order valence-electron chi connectivity index (χ0n) is 10.9. The van der Waals surface area contributed by atoms with Crippen LogP contribution in [0.15, 0.2) is 0 Å². The van der Waals surface area contributed by atoms with Gasteiger partial charge in [-0.3, -0.25) is 0 Å². The molecule has 6 heteroatoms. The van der Waals surface area contributed by atoms with Gasteiger partial charge >= 0.3 is 0 Å². The van der Waals surface area contributed by atoms with E-state index in [2.05, 4.69) is 10.0 Å². The van der Waals surface area contributed by atoms with Crippen LogP contribution in [0, 0.1) is 5.92 Å². The maximum Gasteiger partial charge on any atom is 0.279 e. The van der Waals surface area contributed by atoms with Crippen molar-refractivity contribution in [2.24, 2.45) is 5.92 Å². The maximum atomic E-state index is 11.8. The van der Waals surface area contributed by atoms with Crippen LogP contribution in [0.5, 0.6) is 0 Å². The largest absolute Gasteiger partial charge is 0.317 e. The molecule has 1 aliphatic carbocycles. The first-order chi connectivity index (χ1) is 8.06. The molecule has 0 aliphatic heterocycles. The van der Waals surface area contributed by atoms with Crippen molar-refractivity contribution in [1.29, 1.82) is 0 Å². The van der Waals surface area contributed by atoms with Gasteiger partial charge in [0.2, 0.25) is 0 Å². The highest BCUT2D eigenvalue weighted by molar-refractivity contribution is 7.87. The molecule has 0 aromatic heterocycles. The zero-order chi connectivity index (χ0) is 12.7. The molecular formula is C11H25N3O2S. The van der Waals surface area contributed by atoms with E-state index in [9.17, 15) is 8.42 Å². The highest BCUT2D eigenvalue weighted by atomic mass is 32.2. The molecular weight excluding hydrogens is 238 g/mol. The van der Waals surface area contributed by atoms with Gasteiger partial charge in [0.05, 0.1) is 0 Å². The van der Waals surface area contributed by atoms with Crippen molar-refractivity contribution in [2.45, 2.75) is 32.6 Å². The molecule has 0 saturated heterocycles. The summed E-state index contributed by atoms with van der Waals surface area (Å²) in [5.74, 6) is 0.555. The summed E-state index contributed by atoms with van der Waals surface area (Å²) in [6.07, 6.45) is 4.40. The van der Waals surface area contributed by atoms with Gasteiger partial charge in [-0.2, -0.15) is 12.7 Å². The maximum absolute atomic E-state index is 11.8. The Balaban J connectivity index is 2.19. The van der Waals surface area contributed by atoms with E-state index in [0.717, 1.165) is 32.4 Å². The van der Waals surface area contributed by atoms with Gasteiger partial charge in [-0.25, -0.2) is 4.72 Å². The zero-order valence-corrected chi connectivity index (χ0v) is 11.7. The van der Waals surface area contributed by atoms with Crippen LogP contribution < -0.4 is 10.0 Å². The standard InChI is InChI=1S/C11H25N3O2S/c1-3-12-8-5-9-14(2)17(15,16)13-10-11-6-4-7-11/h11-13H,3-10H2,1-2H3. The Hall–Kier alpha value is -0.170. The van der Waals surface area contributed by atoms with E-state index in [-0.39, 0.29) is 0 Å². The van der Waals surface area contributed by atoms with Crippen molar-refractivity contribution in [3.63, 3.8) is 0 Å². The smallest absolute Gasteiger partial charge is 0.279 e. The van der Waals surface area contributed by atoms with Crippen LogP contribution in [0.3, 0.4) is 0 Å². The molecule has 1 rings (SSSR count). The summed E-state index contributed by atoms with van der Waals surface area (Å²) in [7, 11) is -1.63. The molecule has 2 N–H and O–H groups in total. The predicted octanol–water partition coefficient (Wildman–Crippen LogP) is 0.552. The fraction of sp³-hybridized carbons (Fsp3) is 1.00. The van der Waals surface area contributed by atoms with Crippen LogP contribution in [-0.2, 0) is 10.2 Å². The molecule has 0 unspecified atom stereocenters. The molecule has 1 fully saturated rings. The van der Waals surface area contributed by atoms with Crippen LogP contribution in [0.1, 0.15) is 32.6 Å². The van der Waals surface area contributed by atoms with Crippen LogP contribution in [0.2, 0.25) is 0 Å². The van der Waals surface area contributed by atoms with Crippen molar-refractivity contribution in [3.8, 4) is 0 Å². The van der Waals surface area contributed by atoms with Crippen LogP contribution in [-0.4, -0.2) is 45.9 Å². The molecule has 0 atom stereocenters. The Morgan fingerprint density at radius 1 is 1.35 bits per heavy atom. The minimum Gasteiger partial charge on any atom is -0.317 e. The summed E-state index contributed by atoms with van der Waals surface area (Å²) in [6, 6.07) is 0. The predicted molar refractivity (Wildman–Crippen MR) is 70.1 cm³/mol. The second-order valence-electron chi connectivity index (χ2n) is 4.68. The summed E-state index contributed by atoms with van der Waals surface area (Å²) < 4.78 is 27.8. The van der Waals surface area contributed by atoms with Crippen LogP contribution in [0.25, 0.3) is 0 Å². The molecule has 0 aromatic rings. The highest BCUT2D eigenvalue weighted by Crippen LogP contribution is 2.25. The fourth-order valence-corrected chi connectivity index (χ4v) is 2.79. The molecule has 5 nitrogen and oxygen atoms in total. The minimum absolute atomic E-state index is 0.555. The lowest BCUT2D eigenvalue weighted by atomic mass is 9.86.